The van der Waals surface area contributed by atoms with E-state index in [0.717, 1.165) is 0 Å². The Kier molecular flexibility index (Phi) is 5.62. The van der Waals surface area contributed by atoms with Crippen molar-refractivity contribution in [2.75, 3.05) is 12.5 Å². The third kappa shape index (κ3) is 4.02. The number of phenols is 1. The number of carboxylic acids is 1. The van der Waals surface area contributed by atoms with Crippen LogP contribution >= 0.6 is 31.9 Å². The minimum atomic E-state index is -0.984. The molecule has 0 heterocycles. The smallest absolute Gasteiger partial charge is 0.335 e. The van der Waals surface area contributed by atoms with Crippen LogP contribution in [0, 0.1) is 0 Å². The Morgan fingerprint density at radius 2 is 1.91 bits per heavy atom. The van der Waals surface area contributed by atoms with Crippen LogP contribution in [0.15, 0.2) is 44.4 Å². The number of halogens is 2. The lowest BCUT2D eigenvalue weighted by Gasteiger charge is -2.09. The minimum absolute atomic E-state index is 0.0187. The molecule has 6 nitrogen and oxygen atoms in total. The first-order chi connectivity index (χ1) is 10.9. The van der Waals surface area contributed by atoms with E-state index in [0.29, 0.717) is 25.9 Å². The van der Waals surface area contributed by atoms with Crippen LogP contribution in [0.5, 0.6) is 11.5 Å². The Labute approximate surface area is 149 Å². The van der Waals surface area contributed by atoms with E-state index in [2.05, 4.69) is 42.4 Å². The largest absolute Gasteiger partial charge is 0.504 e. The number of methoxy groups -OCH3 is 1. The van der Waals surface area contributed by atoms with Gasteiger partial charge in [-0.25, -0.2) is 4.79 Å². The Morgan fingerprint density at radius 1 is 1.26 bits per heavy atom. The Balaban J connectivity index is 2.16. The summed E-state index contributed by atoms with van der Waals surface area (Å²) in [5.74, 6) is -0.677. The highest BCUT2D eigenvalue weighted by molar-refractivity contribution is 9.13. The minimum Gasteiger partial charge on any atom is -0.504 e. The molecule has 0 unspecified atom stereocenters. The normalized spacial score (nSPS) is 10.7. The number of benzene rings is 2. The van der Waals surface area contributed by atoms with Crippen LogP contribution in [0.1, 0.15) is 15.9 Å². The molecule has 0 radical (unpaired) electrons. The molecule has 0 saturated carbocycles. The van der Waals surface area contributed by atoms with Crippen molar-refractivity contribution in [3.63, 3.8) is 0 Å². The highest BCUT2D eigenvalue weighted by Gasteiger charge is 2.14. The standard InChI is InChI=1S/C15H12Br2N2O4/c1-23-14-11(20)6-9(12(16)13(14)17)7-18-19-10-4-2-8(3-5-10)15(21)22/h2-7,19-20H,1H3,(H,21,22). The molecule has 8 heteroatoms. The first-order valence-electron chi connectivity index (χ1n) is 6.31. The van der Waals surface area contributed by atoms with Crippen molar-refractivity contribution < 1.29 is 19.7 Å². The van der Waals surface area contributed by atoms with Gasteiger partial charge in [-0.15, -0.1) is 0 Å². The number of hydrogen-bond donors (Lipinski definition) is 3. The SMILES string of the molecule is COc1c(O)cc(C=NNc2ccc(C(=O)O)cc2)c(Br)c1Br. The molecule has 0 spiro atoms. The lowest BCUT2D eigenvalue weighted by atomic mass is 10.2. The number of hydrazone groups is 1. The fraction of sp³-hybridized carbons (Fsp3) is 0.0667. The average molecular weight is 444 g/mol. The maximum absolute atomic E-state index is 10.8. The highest BCUT2D eigenvalue weighted by Crippen LogP contribution is 2.41. The number of nitrogens with zero attached hydrogens (tertiary/aromatic N) is 1. The maximum atomic E-state index is 10.8. The van der Waals surface area contributed by atoms with Gasteiger partial charge in [-0.05, 0) is 62.2 Å². The van der Waals surface area contributed by atoms with E-state index in [9.17, 15) is 9.90 Å². The van der Waals surface area contributed by atoms with E-state index in [-0.39, 0.29) is 11.3 Å². The number of aromatic hydroxyl groups is 1. The van der Waals surface area contributed by atoms with Gasteiger partial charge in [-0.3, -0.25) is 5.43 Å². The number of ether oxygens (including phenoxy) is 1. The molecule has 2 aromatic rings. The topological polar surface area (TPSA) is 91.2 Å². The number of nitrogens with one attached hydrogen (secondary N) is 1. The summed E-state index contributed by atoms with van der Waals surface area (Å²) >= 11 is 6.73. The van der Waals surface area contributed by atoms with E-state index in [1.807, 2.05) is 0 Å². The number of aromatic carboxylic acids is 1. The molecule has 0 aliphatic heterocycles. The van der Waals surface area contributed by atoms with E-state index in [1.54, 1.807) is 12.1 Å². The average Bonchev–Trinajstić information content (AvgIpc) is 2.53. The fourth-order valence-corrected chi connectivity index (χ4v) is 2.76. The number of phenolic OH excluding ortho intramolecular Hbond substituents is 1. The lowest BCUT2D eigenvalue weighted by molar-refractivity contribution is 0.0697. The second kappa shape index (κ2) is 7.47. The number of anilines is 1. The van der Waals surface area contributed by atoms with Crippen LogP contribution in [0.3, 0.4) is 0 Å². The third-order valence-electron chi connectivity index (χ3n) is 2.90. The molecule has 0 aliphatic rings. The second-order valence-corrected chi connectivity index (χ2v) is 5.98. The zero-order valence-corrected chi connectivity index (χ0v) is 15.1. The lowest BCUT2D eigenvalue weighted by Crippen LogP contribution is -1.97. The van der Waals surface area contributed by atoms with Crippen LogP contribution in [0.4, 0.5) is 5.69 Å². The van der Waals surface area contributed by atoms with Gasteiger partial charge in [0.2, 0.25) is 0 Å². The van der Waals surface area contributed by atoms with Gasteiger partial charge in [0, 0.05) is 10.0 Å². The Hall–Kier alpha value is -2.06. The quantitative estimate of drug-likeness (QED) is 0.478. The van der Waals surface area contributed by atoms with Crippen molar-refractivity contribution in [3.05, 3.63) is 50.4 Å². The Morgan fingerprint density at radius 3 is 2.48 bits per heavy atom. The molecule has 0 bridgehead atoms. The third-order valence-corrected chi connectivity index (χ3v) is 5.05. The van der Waals surface area contributed by atoms with Crippen molar-refractivity contribution in [1.29, 1.82) is 0 Å². The summed E-state index contributed by atoms with van der Waals surface area (Å²) in [6.45, 7) is 0. The summed E-state index contributed by atoms with van der Waals surface area (Å²) in [5.41, 5.74) is 4.25. The van der Waals surface area contributed by atoms with Crippen LogP contribution < -0.4 is 10.2 Å². The summed E-state index contributed by atoms with van der Waals surface area (Å²) in [4.78, 5) is 10.8. The van der Waals surface area contributed by atoms with E-state index in [4.69, 9.17) is 9.84 Å². The summed E-state index contributed by atoms with van der Waals surface area (Å²) in [7, 11) is 1.46. The van der Waals surface area contributed by atoms with Gasteiger partial charge >= 0.3 is 5.97 Å². The molecule has 0 fully saturated rings. The summed E-state index contributed by atoms with van der Waals surface area (Å²) in [6.07, 6.45) is 1.51. The fourth-order valence-electron chi connectivity index (χ4n) is 1.77. The molecular weight excluding hydrogens is 432 g/mol. The molecule has 0 amide bonds. The van der Waals surface area contributed by atoms with Crippen molar-refractivity contribution in [1.82, 2.24) is 0 Å². The maximum Gasteiger partial charge on any atom is 0.335 e. The molecule has 0 atom stereocenters. The van der Waals surface area contributed by atoms with Crippen LogP contribution in [-0.2, 0) is 0 Å². The predicted octanol–water partition coefficient (Wildman–Crippen LogP) is 4.07. The number of hydrogen-bond acceptors (Lipinski definition) is 5. The number of rotatable bonds is 5. The number of carboxylic acid groups (broad SMARTS) is 1. The summed E-state index contributed by atoms with van der Waals surface area (Å²) in [6, 6.07) is 7.68. The molecular formula is C15H12Br2N2O4. The first kappa shape index (κ1) is 17.3. The molecule has 0 aromatic heterocycles. The monoisotopic (exact) mass is 442 g/mol. The van der Waals surface area contributed by atoms with Crippen LogP contribution in [-0.4, -0.2) is 29.5 Å². The molecule has 120 valence electrons. The highest BCUT2D eigenvalue weighted by atomic mass is 79.9. The van der Waals surface area contributed by atoms with E-state index >= 15 is 0 Å². The van der Waals surface area contributed by atoms with Gasteiger partial charge in [0.1, 0.15) is 0 Å². The van der Waals surface area contributed by atoms with Crippen molar-refractivity contribution >= 4 is 49.7 Å². The molecule has 2 aromatic carbocycles. The van der Waals surface area contributed by atoms with Crippen LogP contribution in [0.25, 0.3) is 0 Å². The Bertz CT molecular complexity index is 761. The van der Waals surface area contributed by atoms with Crippen LogP contribution in [0.2, 0.25) is 0 Å². The zero-order chi connectivity index (χ0) is 17.0. The number of carbonyl (C=O) groups is 1. The van der Waals surface area contributed by atoms with Gasteiger partial charge in [-0.1, -0.05) is 0 Å². The van der Waals surface area contributed by atoms with E-state index in [1.165, 1.54) is 31.5 Å². The molecule has 0 saturated heterocycles. The van der Waals surface area contributed by atoms with Crippen molar-refractivity contribution in [2.45, 2.75) is 0 Å². The van der Waals surface area contributed by atoms with Gasteiger partial charge < -0.3 is 14.9 Å². The summed E-state index contributed by atoms with van der Waals surface area (Å²) < 4.78 is 6.34. The molecule has 23 heavy (non-hydrogen) atoms. The van der Waals surface area contributed by atoms with Crippen molar-refractivity contribution in [3.8, 4) is 11.5 Å². The van der Waals surface area contributed by atoms with Gasteiger partial charge in [0.05, 0.1) is 29.0 Å². The van der Waals surface area contributed by atoms with E-state index < -0.39 is 5.97 Å². The molecule has 3 N–H and O–H groups in total. The summed E-state index contributed by atoms with van der Waals surface area (Å²) in [5, 5.41) is 22.8. The first-order valence-corrected chi connectivity index (χ1v) is 7.90. The second-order valence-electron chi connectivity index (χ2n) is 4.40. The molecule has 0 aliphatic carbocycles. The van der Waals surface area contributed by atoms with Gasteiger partial charge in [-0.2, -0.15) is 5.10 Å². The zero-order valence-electron chi connectivity index (χ0n) is 11.9. The van der Waals surface area contributed by atoms with Gasteiger partial charge in [0.25, 0.3) is 0 Å². The predicted molar refractivity (Wildman–Crippen MR) is 94.7 cm³/mol. The van der Waals surface area contributed by atoms with Gasteiger partial charge in [0.15, 0.2) is 11.5 Å². The molecule has 2 rings (SSSR count). The van der Waals surface area contributed by atoms with Crippen molar-refractivity contribution in [2.24, 2.45) is 5.10 Å².